The molecular weight excluding hydrogens is 206 g/mol. The summed E-state index contributed by atoms with van der Waals surface area (Å²) in [4.78, 5) is 14.5. The summed E-state index contributed by atoms with van der Waals surface area (Å²) in [6, 6.07) is 2.80. The van der Waals surface area contributed by atoms with Gasteiger partial charge in [-0.15, -0.1) is 0 Å². The standard InChI is InChI=1S/C9H10ClNO3/c1-2-5-14-8-6(9(12)13)3-4-7(10)11-8/h3-4H,2,5H2,1H3,(H,12,13). The lowest BCUT2D eigenvalue weighted by atomic mass is 10.3. The molecular formula is C9H10ClNO3. The van der Waals surface area contributed by atoms with Gasteiger partial charge in [-0.3, -0.25) is 0 Å². The average molecular weight is 216 g/mol. The van der Waals surface area contributed by atoms with E-state index in [1.165, 1.54) is 12.1 Å². The highest BCUT2D eigenvalue weighted by molar-refractivity contribution is 6.29. The molecule has 0 saturated carbocycles. The van der Waals surface area contributed by atoms with Crippen molar-refractivity contribution >= 4 is 17.6 Å². The Bertz CT molecular complexity index is 341. The van der Waals surface area contributed by atoms with Crippen molar-refractivity contribution in [2.75, 3.05) is 6.61 Å². The number of pyridine rings is 1. The Kier molecular flexibility index (Phi) is 3.71. The van der Waals surface area contributed by atoms with Gasteiger partial charge < -0.3 is 9.84 Å². The van der Waals surface area contributed by atoms with Crippen molar-refractivity contribution in [3.8, 4) is 5.88 Å². The van der Waals surface area contributed by atoms with Gasteiger partial charge in [0.1, 0.15) is 10.7 Å². The van der Waals surface area contributed by atoms with Crippen LogP contribution in [-0.4, -0.2) is 22.7 Å². The number of aromatic carboxylic acids is 1. The zero-order valence-corrected chi connectivity index (χ0v) is 8.41. The maximum atomic E-state index is 10.7. The number of carboxylic acids is 1. The van der Waals surface area contributed by atoms with Crippen LogP contribution in [0.1, 0.15) is 23.7 Å². The van der Waals surface area contributed by atoms with Crippen LogP contribution in [-0.2, 0) is 0 Å². The maximum absolute atomic E-state index is 10.7. The highest BCUT2D eigenvalue weighted by Crippen LogP contribution is 2.18. The molecule has 0 aromatic carbocycles. The third-order valence-corrected chi connectivity index (χ3v) is 1.71. The molecule has 1 aromatic heterocycles. The first-order chi connectivity index (χ1) is 6.65. The predicted molar refractivity (Wildman–Crippen MR) is 52.0 cm³/mol. The minimum absolute atomic E-state index is 0.0304. The number of rotatable bonds is 4. The van der Waals surface area contributed by atoms with E-state index in [0.29, 0.717) is 6.61 Å². The van der Waals surface area contributed by atoms with E-state index in [1.807, 2.05) is 6.92 Å². The van der Waals surface area contributed by atoms with Crippen LogP contribution in [0.4, 0.5) is 0 Å². The first-order valence-electron chi connectivity index (χ1n) is 4.17. The molecule has 0 unspecified atom stereocenters. The van der Waals surface area contributed by atoms with Gasteiger partial charge in [-0.25, -0.2) is 9.78 Å². The largest absolute Gasteiger partial charge is 0.477 e. The molecule has 1 rings (SSSR count). The number of hydrogen-bond donors (Lipinski definition) is 1. The fourth-order valence-electron chi connectivity index (χ4n) is 0.889. The molecule has 0 bridgehead atoms. The van der Waals surface area contributed by atoms with Gasteiger partial charge in [0.15, 0.2) is 0 Å². The van der Waals surface area contributed by atoms with Gasteiger partial charge in [-0.1, -0.05) is 18.5 Å². The van der Waals surface area contributed by atoms with Gasteiger partial charge in [0, 0.05) is 0 Å². The van der Waals surface area contributed by atoms with Crippen LogP contribution in [0.3, 0.4) is 0 Å². The van der Waals surface area contributed by atoms with Crippen LogP contribution in [0.5, 0.6) is 5.88 Å². The quantitative estimate of drug-likeness (QED) is 0.783. The van der Waals surface area contributed by atoms with Gasteiger partial charge in [-0.2, -0.15) is 0 Å². The summed E-state index contributed by atoms with van der Waals surface area (Å²) in [5.41, 5.74) is 0.0304. The molecule has 0 radical (unpaired) electrons. The van der Waals surface area contributed by atoms with Crippen molar-refractivity contribution in [1.29, 1.82) is 0 Å². The Balaban J connectivity index is 2.97. The molecule has 0 aliphatic rings. The van der Waals surface area contributed by atoms with Crippen molar-refractivity contribution in [3.05, 3.63) is 22.8 Å². The lowest BCUT2D eigenvalue weighted by Gasteiger charge is -2.06. The van der Waals surface area contributed by atoms with E-state index in [9.17, 15) is 4.79 Å². The first-order valence-corrected chi connectivity index (χ1v) is 4.55. The van der Waals surface area contributed by atoms with Crippen molar-refractivity contribution in [2.24, 2.45) is 0 Å². The third-order valence-electron chi connectivity index (χ3n) is 1.50. The summed E-state index contributed by atoms with van der Waals surface area (Å²) in [5.74, 6) is -0.993. The van der Waals surface area contributed by atoms with Gasteiger partial charge in [-0.05, 0) is 18.6 Å². The molecule has 14 heavy (non-hydrogen) atoms. The highest BCUT2D eigenvalue weighted by atomic mass is 35.5. The molecule has 1 aromatic rings. The molecule has 0 amide bonds. The zero-order chi connectivity index (χ0) is 10.6. The number of carboxylic acid groups (broad SMARTS) is 1. The second kappa shape index (κ2) is 4.81. The van der Waals surface area contributed by atoms with Crippen molar-refractivity contribution in [2.45, 2.75) is 13.3 Å². The number of ether oxygens (including phenoxy) is 1. The molecule has 0 fully saturated rings. The van der Waals surface area contributed by atoms with Crippen LogP contribution in [0, 0.1) is 0 Å². The fraction of sp³-hybridized carbons (Fsp3) is 0.333. The van der Waals surface area contributed by atoms with Crippen molar-refractivity contribution in [3.63, 3.8) is 0 Å². The normalized spacial score (nSPS) is 9.86. The van der Waals surface area contributed by atoms with Crippen LogP contribution >= 0.6 is 11.6 Å². The molecule has 76 valence electrons. The number of hydrogen-bond acceptors (Lipinski definition) is 3. The first kappa shape index (κ1) is 10.8. The topological polar surface area (TPSA) is 59.4 Å². The summed E-state index contributed by atoms with van der Waals surface area (Å²) in [5, 5.41) is 9.02. The lowest BCUT2D eigenvalue weighted by molar-refractivity contribution is 0.0691. The Hall–Kier alpha value is -1.29. The molecule has 0 aliphatic heterocycles. The van der Waals surface area contributed by atoms with E-state index in [-0.39, 0.29) is 16.6 Å². The smallest absolute Gasteiger partial charge is 0.341 e. The van der Waals surface area contributed by atoms with Crippen LogP contribution < -0.4 is 4.74 Å². The third kappa shape index (κ3) is 2.60. The zero-order valence-electron chi connectivity index (χ0n) is 7.66. The van der Waals surface area contributed by atoms with E-state index in [4.69, 9.17) is 21.4 Å². The van der Waals surface area contributed by atoms with Gasteiger partial charge in [0.05, 0.1) is 6.61 Å². The number of nitrogens with zero attached hydrogens (tertiary/aromatic N) is 1. The van der Waals surface area contributed by atoms with E-state index in [1.54, 1.807) is 0 Å². The number of aromatic nitrogens is 1. The molecule has 1 N–H and O–H groups in total. The number of carbonyl (C=O) groups is 1. The van der Waals surface area contributed by atoms with Gasteiger partial charge in [0.2, 0.25) is 5.88 Å². The fourth-order valence-corrected chi connectivity index (χ4v) is 1.03. The highest BCUT2D eigenvalue weighted by Gasteiger charge is 2.12. The van der Waals surface area contributed by atoms with Gasteiger partial charge >= 0.3 is 5.97 Å². The second-order valence-corrected chi connectivity index (χ2v) is 3.03. The van der Waals surface area contributed by atoms with Crippen LogP contribution in [0.25, 0.3) is 0 Å². The van der Waals surface area contributed by atoms with Crippen LogP contribution in [0.2, 0.25) is 5.15 Å². The SMILES string of the molecule is CCCOc1nc(Cl)ccc1C(=O)O. The van der Waals surface area contributed by atoms with Crippen molar-refractivity contribution in [1.82, 2.24) is 4.98 Å². The molecule has 0 spiro atoms. The van der Waals surface area contributed by atoms with Crippen molar-refractivity contribution < 1.29 is 14.6 Å². The van der Waals surface area contributed by atoms with E-state index in [0.717, 1.165) is 6.42 Å². The average Bonchev–Trinajstić information content (AvgIpc) is 2.14. The Morgan fingerprint density at radius 3 is 2.93 bits per heavy atom. The molecule has 4 nitrogen and oxygen atoms in total. The Labute approximate surface area is 86.5 Å². The van der Waals surface area contributed by atoms with E-state index < -0.39 is 5.97 Å². The Morgan fingerprint density at radius 1 is 1.64 bits per heavy atom. The lowest BCUT2D eigenvalue weighted by Crippen LogP contribution is -2.05. The van der Waals surface area contributed by atoms with E-state index in [2.05, 4.69) is 4.98 Å². The molecule has 1 heterocycles. The molecule has 0 saturated heterocycles. The number of halogens is 1. The molecule has 5 heteroatoms. The van der Waals surface area contributed by atoms with Gasteiger partial charge in [0.25, 0.3) is 0 Å². The molecule has 0 atom stereocenters. The Morgan fingerprint density at radius 2 is 2.36 bits per heavy atom. The second-order valence-electron chi connectivity index (χ2n) is 2.64. The summed E-state index contributed by atoms with van der Waals surface area (Å²) >= 11 is 5.62. The minimum atomic E-state index is -1.07. The van der Waals surface area contributed by atoms with E-state index >= 15 is 0 Å². The maximum Gasteiger partial charge on any atom is 0.341 e. The summed E-state index contributed by atoms with van der Waals surface area (Å²) < 4.78 is 5.15. The predicted octanol–water partition coefficient (Wildman–Crippen LogP) is 2.22. The summed E-state index contributed by atoms with van der Waals surface area (Å²) in [7, 11) is 0. The van der Waals surface area contributed by atoms with Crippen LogP contribution in [0.15, 0.2) is 12.1 Å². The monoisotopic (exact) mass is 215 g/mol. The summed E-state index contributed by atoms with van der Waals surface area (Å²) in [6.45, 7) is 2.35. The molecule has 0 aliphatic carbocycles. The summed E-state index contributed by atoms with van der Waals surface area (Å²) in [6.07, 6.45) is 0.785. The minimum Gasteiger partial charge on any atom is -0.477 e.